The van der Waals surface area contributed by atoms with Crippen LogP contribution in [0.2, 0.25) is 0 Å². The molecule has 0 bridgehead atoms. The van der Waals surface area contributed by atoms with Gasteiger partial charge in [0, 0.05) is 5.69 Å². The topological polar surface area (TPSA) is 116 Å². The zero-order valence-corrected chi connectivity index (χ0v) is 14.1. The van der Waals surface area contributed by atoms with Crippen LogP contribution in [0.25, 0.3) is 0 Å². The molecule has 3 aromatic rings. The van der Waals surface area contributed by atoms with Crippen molar-refractivity contribution < 1.29 is 4.52 Å². The van der Waals surface area contributed by atoms with Gasteiger partial charge in [-0.2, -0.15) is 19.9 Å². The molecule has 0 aliphatic carbocycles. The minimum absolute atomic E-state index is 0.0368. The molecule has 0 fully saturated rings. The van der Waals surface area contributed by atoms with Gasteiger partial charge in [-0.25, -0.2) is 0 Å². The summed E-state index contributed by atoms with van der Waals surface area (Å²) in [5.41, 5.74) is 6.67. The Balaban J connectivity index is 1.67. The smallest absolute Gasteiger partial charge is 0.239 e. The van der Waals surface area contributed by atoms with Crippen LogP contribution in [0, 0.1) is 6.92 Å². The molecule has 1 atom stereocenters. The Kier molecular flexibility index (Phi) is 4.90. The van der Waals surface area contributed by atoms with E-state index in [0.29, 0.717) is 29.2 Å². The molecular weight excluding hydrogens is 326 g/mol. The van der Waals surface area contributed by atoms with E-state index in [0.717, 1.165) is 5.69 Å². The van der Waals surface area contributed by atoms with Crippen molar-refractivity contribution in [3.05, 3.63) is 47.9 Å². The molecule has 3 rings (SSSR count). The number of aryl methyl sites for hydroxylation is 1. The molecule has 124 valence electrons. The monoisotopic (exact) mass is 343 g/mol. The molecule has 2 aromatic heterocycles. The SMILES string of the molecule is Cc1noc(C(C)SCc2nc(N)nc(Nc3ccccc3)n2)n1. The standard InChI is InChI=1S/C15H17N7OS/c1-9(13-17-10(2)22-23-13)24-8-12-19-14(16)21-15(20-12)18-11-6-4-3-5-7-11/h3-7,9H,8H2,1-2H3,(H3,16,18,19,20,21). The molecule has 3 N–H and O–H groups in total. The van der Waals surface area contributed by atoms with Crippen LogP contribution in [0.4, 0.5) is 17.6 Å². The average Bonchev–Trinajstić information content (AvgIpc) is 3.00. The highest BCUT2D eigenvalue weighted by atomic mass is 32.2. The van der Waals surface area contributed by atoms with E-state index in [1.165, 1.54) is 0 Å². The van der Waals surface area contributed by atoms with Crippen molar-refractivity contribution in [2.24, 2.45) is 0 Å². The molecule has 1 unspecified atom stereocenters. The van der Waals surface area contributed by atoms with E-state index in [9.17, 15) is 0 Å². The zero-order chi connectivity index (χ0) is 16.9. The molecule has 9 heteroatoms. The number of rotatable bonds is 6. The Morgan fingerprint density at radius 3 is 2.67 bits per heavy atom. The summed E-state index contributed by atoms with van der Waals surface area (Å²) in [6.45, 7) is 3.78. The van der Waals surface area contributed by atoms with Crippen molar-refractivity contribution in [1.29, 1.82) is 0 Å². The Bertz CT molecular complexity index is 809. The number of hydrogen-bond donors (Lipinski definition) is 2. The lowest BCUT2D eigenvalue weighted by molar-refractivity contribution is 0.376. The number of nitrogens with one attached hydrogen (secondary N) is 1. The molecular formula is C15H17N7OS. The number of nitrogens with zero attached hydrogens (tertiary/aromatic N) is 5. The highest BCUT2D eigenvalue weighted by Gasteiger charge is 2.15. The number of benzene rings is 1. The molecule has 0 saturated heterocycles. The third kappa shape index (κ3) is 4.19. The minimum atomic E-state index is 0.0368. The maximum absolute atomic E-state index is 5.78. The van der Waals surface area contributed by atoms with Crippen molar-refractivity contribution in [2.45, 2.75) is 24.9 Å². The van der Waals surface area contributed by atoms with Gasteiger partial charge in [0.1, 0.15) is 5.82 Å². The molecule has 0 saturated carbocycles. The first kappa shape index (κ1) is 16.2. The highest BCUT2D eigenvalue weighted by molar-refractivity contribution is 7.98. The van der Waals surface area contributed by atoms with E-state index >= 15 is 0 Å². The summed E-state index contributed by atoms with van der Waals surface area (Å²) < 4.78 is 5.17. The zero-order valence-electron chi connectivity index (χ0n) is 13.3. The largest absolute Gasteiger partial charge is 0.368 e. The van der Waals surface area contributed by atoms with Gasteiger partial charge in [-0.05, 0) is 26.0 Å². The predicted molar refractivity (Wildman–Crippen MR) is 92.7 cm³/mol. The lowest BCUT2D eigenvalue weighted by atomic mass is 10.3. The van der Waals surface area contributed by atoms with Gasteiger partial charge in [0.2, 0.25) is 17.8 Å². The quantitative estimate of drug-likeness (QED) is 0.696. The summed E-state index contributed by atoms with van der Waals surface area (Å²) in [7, 11) is 0. The normalized spacial score (nSPS) is 12.1. The molecule has 8 nitrogen and oxygen atoms in total. The third-order valence-corrected chi connectivity index (χ3v) is 4.21. The number of hydrogen-bond acceptors (Lipinski definition) is 9. The number of anilines is 3. The second kappa shape index (κ2) is 7.26. The maximum Gasteiger partial charge on any atom is 0.239 e. The first-order chi connectivity index (χ1) is 11.6. The molecule has 0 aliphatic rings. The number of aromatic nitrogens is 5. The first-order valence-electron chi connectivity index (χ1n) is 7.34. The summed E-state index contributed by atoms with van der Waals surface area (Å²) in [6, 6.07) is 9.65. The average molecular weight is 343 g/mol. The lowest BCUT2D eigenvalue weighted by Crippen LogP contribution is -2.06. The Hall–Kier alpha value is -2.68. The van der Waals surface area contributed by atoms with Crippen molar-refractivity contribution >= 4 is 29.3 Å². The van der Waals surface area contributed by atoms with Crippen molar-refractivity contribution in [3.8, 4) is 0 Å². The van der Waals surface area contributed by atoms with Crippen LogP contribution in [-0.4, -0.2) is 25.1 Å². The Morgan fingerprint density at radius 2 is 1.96 bits per heavy atom. The molecule has 0 spiro atoms. The number of nitrogens with two attached hydrogens (primary N) is 1. The van der Waals surface area contributed by atoms with Crippen LogP contribution in [-0.2, 0) is 5.75 Å². The van der Waals surface area contributed by atoms with Gasteiger partial charge in [-0.15, -0.1) is 11.8 Å². The van der Waals surface area contributed by atoms with Gasteiger partial charge in [0.15, 0.2) is 5.82 Å². The van der Waals surface area contributed by atoms with Crippen molar-refractivity contribution in [1.82, 2.24) is 25.1 Å². The van der Waals surface area contributed by atoms with Gasteiger partial charge in [-0.1, -0.05) is 23.4 Å². The summed E-state index contributed by atoms with van der Waals surface area (Å²) in [5, 5.41) is 6.95. The number of nitrogen functional groups attached to an aromatic ring is 1. The molecule has 2 heterocycles. The summed E-state index contributed by atoms with van der Waals surface area (Å²) in [6.07, 6.45) is 0. The predicted octanol–water partition coefficient (Wildman–Crippen LogP) is 2.88. The van der Waals surface area contributed by atoms with Crippen LogP contribution >= 0.6 is 11.8 Å². The number of para-hydroxylation sites is 1. The number of thioether (sulfide) groups is 1. The van der Waals surface area contributed by atoms with Crippen LogP contribution in [0.15, 0.2) is 34.9 Å². The van der Waals surface area contributed by atoms with Gasteiger partial charge < -0.3 is 15.6 Å². The van der Waals surface area contributed by atoms with E-state index in [-0.39, 0.29) is 11.2 Å². The van der Waals surface area contributed by atoms with E-state index in [1.54, 1.807) is 18.7 Å². The van der Waals surface area contributed by atoms with E-state index < -0.39 is 0 Å². The van der Waals surface area contributed by atoms with Crippen LogP contribution in [0.1, 0.15) is 29.7 Å². The minimum Gasteiger partial charge on any atom is -0.368 e. The lowest BCUT2D eigenvalue weighted by Gasteiger charge is -2.08. The Morgan fingerprint density at radius 1 is 1.17 bits per heavy atom. The highest BCUT2D eigenvalue weighted by Crippen LogP contribution is 2.29. The van der Waals surface area contributed by atoms with Crippen LogP contribution < -0.4 is 11.1 Å². The molecule has 1 aromatic carbocycles. The molecule has 0 amide bonds. The molecule has 0 radical (unpaired) electrons. The van der Waals surface area contributed by atoms with Crippen LogP contribution in [0.3, 0.4) is 0 Å². The molecule has 24 heavy (non-hydrogen) atoms. The maximum atomic E-state index is 5.78. The fourth-order valence-corrected chi connectivity index (χ4v) is 2.72. The van der Waals surface area contributed by atoms with Crippen molar-refractivity contribution in [3.63, 3.8) is 0 Å². The van der Waals surface area contributed by atoms with E-state index in [2.05, 4.69) is 30.4 Å². The fraction of sp³-hybridized carbons (Fsp3) is 0.267. The van der Waals surface area contributed by atoms with E-state index in [4.69, 9.17) is 10.3 Å². The van der Waals surface area contributed by atoms with Gasteiger partial charge >= 0.3 is 0 Å². The van der Waals surface area contributed by atoms with E-state index in [1.807, 2.05) is 37.3 Å². The third-order valence-electron chi connectivity index (χ3n) is 3.08. The second-order valence-electron chi connectivity index (χ2n) is 5.06. The van der Waals surface area contributed by atoms with Gasteiger partial charge in [-0.3, -0.25) is 0 Å². The van der Waals surface area contributed by atoms with Crippen molar-refractivity contribution in [2.75, 3.05) is 11.1 Å². The Labute approximate surface area is 143 Å². The first-order valence-corrected chi connectivity index (χ1v) is 8.39. The fourth-order valence-electron chi connectivity index (χ4n) is 1.96. The van der Waals surface area contributed by atoms with Gasteiger partial charge in [0.25, 0.3) is 0 Å². The summed E-state index contributed by atoms with van der Waals surface area (Å²) >= 11 is 1.59. The molecule has 0 aliphatic heterocycles. The summed E-state index contributed by atoms with van der Waals surface area (Å²) in [4.78, 5) is 16.9. The van der Waals surface area contributed by atoms with Gasteiger partial charge in [0.05, 0.1) is 11.0 Å². The second-order valence-corrected chi connectivity index (χ2v) is 6.39. The van der Waals surface area contributed by atoms with Crippen LogP contribution in [0.5, 0.6) is 0 Å². The summed E-state index contributed by atoms with van der Waals surface area (Å²) in [5.74, 6) is 2.96.